The molecule has 0 amide bonds. The van der Waals surface area contributed by atoms with E-state index >= 15 is 0 Å². The molecule has 0 rings (SSSR count). The first-order valence-electron chi connectivity index (χ1n) is 7.22. The van der Waals surface area contributed by atoms with Gasteiger partial charge in [0.05, 0.1) is 6.04 Å². The van der Waals surface area contributed by atoms with Crippen molar-refractivity contribution < 1.29 is 4.79 Å². The van der Waals surface area contributed by atoms with E-state index in [1.807, 2.05) is 6.92 Å². The normalized spacial score (nSPS) is 14.1. The maximum Gasteiger partial charge on any atom is 0.149 e. The molecule has 0 aromatic heterocycles. The molecule has 0 aliphatic carbocycles. The molecule has 2 heteroatoms. The highest BCUT2D eigenvalue weighted by Gasteiger charge is 2.10. The summed E-state index contributed by atoms with van der Waals surface area (Å²) in [5.74, 6) is 0.208. The fourth-order valence-electron chi connectivity index (χ4n) is 1.85. The Morgan fingerprint density at radius 3 is 2.50 bits per heavy atom. The Hall–Kier alpha value is -0.890. The third kappa shape index (κ3) is 9.17. The first-order chi connectivity index (χ1) is 8.61. The Morgan fingerprint density at radius 2 is 1.89 bits per heavy atom. The van der Waals surface area contributed by atoms with Crippen molar-refractivity contribution in [3.05, 3.63) is 23.8 Å². The smallest absolute Gasteiger partial charge is 0.149 e. The minimum Gasteiger partial charge on any atom is -0.322 e. The summed E-state index contributed by atoms with van der Waals surface area (Å²) in [6, 6.07) is -0.254. The number of ketones is 1. The molecule has 0 heterocycles. The maximum atomic E-state index is 11.5. The van der Waals surface area contributed by atoms with Crippen LogP contribution in [0.25, 0.3) is 0 Å². The van der Waals surface area contributed by atoms with Crippen LogP contribution in [0.5, 0.6) is 0 Å². The molecule has 0 bridgehead atoms. The third-order valence-corrected chi connectivity index (χ3v) is 2.96. The average Bonchev–Trinajstić information content (AvgIpc) is 2.33. The number of rotatable bonds is 10. The number of hydrogen-bond donors (Lipinski definition) is 1. The van der Waals surface area contributed by atoms with Crippen molar-refractivity contribution in [2.24, 2.45) is 5.73 Å². The molecule has 0 aromatic rings. The van der Waals surface area contributed by atoms with Crippen LogP contribution < -0.4 is 5.73 Å². The van der Waals surface area contributed by atoms with Crippen molar-refractivity contribution in [1.82, 2.24) is 0 Å². The largest absolute Gasteiger partial charge is 0.322 e. The second-order valence-corrected chi connectivity index (χ2v) is 4.94. The van der Waals surface area contributed by atoms with Crippen LogP contribution in [-0.2, 0) is 4.79 Å². The molecule has 0 saturated heterocycles. The van der Waals surface area contributed by atoms with Crippen molar-refractivity contribution in [1.29, 1.82) is 0 Å². The Balaban J connectivity index is 3.70. The first kappa shape index (κ1) is 17.1. The van der Waals surface area contributed by atoms with Gasteiger partial charge in [-0.15, -0.1) is 0 Å². The zero-order valence-corrected chi connectivity index (χ0v) is 12.2. The van der Waals surface area contributed by atoms with E-state index in [2.05, 4.69) is 32.1 Å². The molecule has 2 nitrogen and oxygen atoms in total. The fourth-order valence-corrected chi connectivity index (χ4v) is 1.85. The molecule has 0 saturated carbocycles. The highest BCUT2D eigenvalue weighted by atomic mass is 16.1. The van der Waals surface area contributed by atoms with Gasteiger partial charge in [-0.1, -0.05) is 44.1 Å². The minimum atomic E-state index is -0.254. The zero-order valence-electron chi connectivity index (χ0n) is 12.2. The van der Waals surface area contributed by atoms with Crippen molar-refractivity contribution in [2.75, 3.05) is 0 Å². The van der Waals surface area contributed by atoms with Crippen molar-refractivity contribution in [2.45, 2.75) is 71.8 Å². The second-order valence-electron chi connectivity index (χ2n) is 4.94. The van der Waals surface area contributed by atoms with Crippen LogP contribution in [0.4, 0.5) is 0 Å². The average molecular weight is 251 g/mol. The zero-order chi connectivity index (χ0) is 13.8. The summed E-state index contributed by atoms with van der Waals surface area (Å²) in [6.45, 7) is 6.36. The summed E-state index contributed by atoms with van der Waals surface area (Å²) < 4.78 is 0. The highest BCUT2D eigenvalue weighted by molar-refractivity contribution is 5.83. The number of Topliss-reactive ketones (excluding diaryl/α,β-unsaturated/α-hetero) is 1. The Labute approximate surface area is 112 Å². The predicted molar refractivity (Wildman–Crippen MR) is 79.5 cm³/mol. The molecule has 2 N–H and O–H groups in total. The van der Waals surface area contributed by atoms with Gasteiger partial charge in [-0.2, -0.15) is 0 Å². The first-order valence-corrected chi connectivity index (χ1v) is 7.22. The van der Waals surface area contributed by atoms with E-state index in [0.29, 0.717) is 6.42 Å². The Morgan fingerprint density at radius 1 is 1.22 bits per heavy atom. The van der Waals surface area contributed by atoms with Gasteiger partial charge < -0.3 is 5.73 Å². The van der Waals surface area contributed by atoms with Gasteiger partial charge in [-0.3, -0.25) is 4.79 Å². The monoisotopic (exact) mass is 251 g/mol. The number of allylic oxidation sites excluding steroid dienone is 4. The van der Waals surface area contributed by atoms with Crippen molar-refractivity contribution in [3.63, 3.8) is 0 Å². The van der Waals surface area contributed by atoms with Crippen LogP contribution in [0, 0.1) is 0 Å². The number of hydrogen-bond acceptors (Lipinski definition) is 2. The SMILES string of the molecule is CCCC(=O)[C@H](N)CCC/C=C/C=C(\C)CCC. The van der Waals surface area contributed by atoms with Gasteiger partial charge >= 0.3 is 0 Å². The van der Waals surface area contributed by atoms with Gasteiger partial charge in [-0.25, -0.2) is 0 Å². The van der Waals surface area contributed by atoms with Gasteiger partial charge in [0.1, 0.15) is 5.78 Å². The summed E-state index contributed by atoms with van der Waals surface area (Å²) in [4.78, 5) is 11.5. The van der Waals surface area contributed by atoms with Gasteiger partial charge in [0.2, 0.25) is 0 Å². The minimum absolute atomic E-state index is 0.208. The molecule has 18 heavy (non-hydrogen) atoms. The molecular weight excluding hydrogens is 222 g/mol. The van der Waals surface area contributed by atoms with E-state index in [0.717, 1.165) is 25.7 Å². The molecule has 0 aromatic carbocycles. The highest BCUT2D eigenvalue weighted by Crippen LogP contribution is 2.06. The second kappa shape index (κ2) is 11.2. The van der Waals surface area contributed by atoms with E-state index in [4.69, 9.17) is 5.73 Å². The molecule has 0 radical (unpaired) electrons. The Kier molecular flexibility index (Phi) is 10.7. The maximum absolute atomic E-state index is 11.5. The molecular formula is C16H29NO. The lowest BCUT2D eigenvalue weighted by Gasteiger charge is -2.08. The number of carbonyl (C=O) groups is 1. The van der Waals surface area contributed by atoms with Gasteiger partial charge in [0.25, 0.3) is 0 Å². The van der Waals surface area contributed by atoms with Crippen LogP contribution in [0.3, 0.4) is 0 Å². The summed E-state index contributed by atoms with van der Waals surface area (Å²) in [5, 5.41) is 0. The molecule has 104 valence electrons. The van der Waals surface area contributed by atoms with Crippen LogP contribution in [0.2, 0.25) is 0 Å². The van der Waals surface area contributed by atoms with Gasteiger partial charge in [-0.05, 0) is 39.0 Å². The van der Waals surface area contributed by atoms with Crippen LogP contribution >= 0.6 is 0 Å². The van der Waals surface area contributed by atoms with Crippen LogP contribution in [-0.4, -0.2) is 11.8 Å². The molecule has 0 aliphatic heterocycles. The van der Waals surface area contributed by atoms with E-state index in [9.17, 15) is 4.79 Å². The quantitative estimate of drug-likeness (QED) is 0.468. The van der Waals surface area contributed by atoms with E-state index in [1.54, 1.807) is 0 Å². The molecule has 1 atom stereocenters. The summed E-state index contributed by atoms with van der Waals surface area (Å²) >= 11 is 0. The van der Waals surface area contributed by atoms with Crippen molar-refractivity contribution >= 4 is 5.78 Å². The number of nitrogens with two attached hydrogens (primary N) is 1. The lowest BCUT2D eigenvalue weighted by Crippen LogP contribution is -2.29. The molecule has 0 unspecified atom stereocenters. The number of carbonyl (C=O) groups excluding carboxylic acids is 1. The van der Waals surface area contributed by atoms with Gasteiger partial charge in [0, 0.05) is 6.42 Å². The molecule has 0 fully saturated rings. The lowest BCUT2D eigenvalue weighted by molar-refractivity contribution is -0.120. The van der Waals surface area contributed by atoms with Crippen LogP contribution in [0.15, 0.2) is 23.8 Å². The summed E-state index contributed by atoms with van der Waals surface area (Å²) in [7, 11) is 0. The van der Waals surface area contributed by atoms with E-state index < -0.39 is 0 Å². The Bertz CT molecular complexity index is 279. The topological polar surface area (TPSA) is 43.1 Å². The molecule has 0 aliphatic rings. The molecule has 0 spiro atoms. The van der Waals surface area contributed by atoms with Crippen LogP contribution in [0.1, 0.15) is 65.7 Å². The summed E-state index contributed by atoms with van der Waals surface area (Å²) in [5.41, 5.74) is 7.24. The van der Waals surface area contributed by atoms with Crippen molar-refractivity contribution in [3.8, 4) is 0 Å². The fraction of sp³-hybridized carbons (Fsp3) is 0.688. The van der Waals surface area contributed by atoms with E-state index in [-0.39, 0.29) is 11.8 Å². The lowest BCUT2D eigenvalue weighted by atomic mass is 10.0. The number of unbranched alkanes of at least 4 members (excludes halogenated alkanes) is 1. The standard InChI is InChI=1S/C16H29NO/c1-4-10-14(3)12-8-6-7-9-13-15(17)16(18)11-5-2/h6,8,12,15H,4-5,7,9-11,13,17H2,1-3H3/b8-6+,14-12+/t15-/m1/s1. The van der Waals surface area contributed by atoms with Gasteiger partial charge in [0.15, 0.2) is 0 Å². The third-order valence-electron chi connectivity index (χ3n) is 2.96. The predicted octanol–water partition coefficient (Wildman–Crippen LogP) is 4.16. The summed E-state index contributed by atoms with van der Waals surface area (Å²) in [6.07, 6.45) is 13.1. The van der Waals surface area contributed by atoms with E-state index in [1.165, 1.54) is 18.4 Å².